The fourth-order valence-corrected chi connectivity index (χ4v) is 3.13. The minimum absolute atomic E-state index is 0.0126. The molecule has 1 atom stereocenters. The molecule has 1 amide bonds. The predicted molar refractivity (Wildman–Crippen MR) is 69.7 cm³/mol. The van der Waals surface area contributed by atoms with Crippen LogP contribution in [-0.2, 0) is 14.3 Å². The largest absolute Gasteiger partial charge is 0.481 e. The van der Waals surface area contributed by atoms with Crippen LogP contribution in [0.3, 0.4) is 0 Å². The Hall–Kier alpha value is -1.10. The van der Waals surface area contributed by atoms with Crippen LogP contribution >= 0.6 is 0 Å². The number of nitrogens with zero attached hydrogens (tertiary/aromatic N) is 1. The van der Waals surface area contributed by atoms with E-state index >= 15 is 0 Å². The number of rotatable bonds is 6. The van der Waals surface area contributed by atoms with Gasteiger partial charge in [-0.3, -0.25) is 9.59 Å². The number of aliphatic carboxylic acids is 1. The molecule has 108 valence electrons. The van der Waals surface area contributed by atoms with Crippen molar-refractivity contribution in [3.63, 3.8) is 0 Å². The molecule has 0 radical (unpaired) electrons. The van der Waals surface area contributed by atoms with Gasteiger partial charge in [0.1, 0.15) is 0 Å². The van der Waals surface area contributed by atoms with E-state index in [9.17, 15) is 9.59 Å². The number of methoxy groups -OCH3 is 1. The van der Waals surface area contributed by atoms with Gasteiger partial charge in [0.25, 0.3) is 0 Å². The molecular weight excluding hydrogens is 246 g/mol. The first kappa shape index (κ1) is 14.3. The molecule has 1 heterocycles. The Labute approximate surface area is 113 Å². The average molecular weight is 269 g/mol. The van der Waals surface area contributed by atoms with E-state index in [-0.39, 0.29) is 17.2 Å². The van der Waals surface area contributed by atoms with E-state index in [1.54, 1.807) is 7.11 Å². The molecule has 2 rings (SSSR count). The van der Waals surface area contributed by atoms with Crippen molar-refractivity contribution in [1.82, 2.24) is 4.90 Å². The summed E-state index contributed by atoms with van der Waals surface area (Å²) in [7, 11) is 1.67. The lowest BCUT2D eigenvalue weighted by molar-refractivity contribution is -0.139. The molecule has 2 fully saturated rings. The van der Waals surface area contributed by atoms with Gasteiger partial charge in [0, 0.05) is 33.2 Å². The van der Waals surface area contributed by atoms with Crippen LogP contribution in [0.4, 0.5) is 0 Å². The highest BCUT2D eigenvalue weighted by Gasteiger charge is 2.59. The number of likely N-dealkylation sites (tertiary alicyclic amines) is 1. The zero-order chi connectivity index (χ0) is 13.9. The van der Waals surface area contributed by atoms with E-state index in [1.807, 2.05) is 4.90 Å². The van der Waals surface area contributed by atoms with Crippen molar-refractivity contribution in [3.05, 3.63) is 0 Å². The maximum Gasteiger partial charge on any atom is 0.307 e. The number of piperidine rings is 1. The van der Waals surface area contributed by atoms with Gasteiger partial charge in [-0.2, -0.15) is 0 Å². The number of carbonyl (C=O) groups is 2. The summed E-state index contributed by atoms with van der Waals surface area (Å²) in [5.74, 6) is -0.621. The van der Waals surface area contributed by atoms with Crippen LogP contribution in [0.5, 0.6) is 0 Å². The molecule has 0 aromatic heterocycles. The van der Waals surface area contributed by atoms with Gasteiger partial charge >= 0.3 is 5.97 Å². The first-order chi connectivity index (χ1) is 9.09. The summed E-state index contributed by atoms with van der Waals surface area (Å²) in [4.78, 5) is 24.8. The minimum atomic E-state index is -0.667. The number of hydrogen-bond acceptors (Lipinski definition) is 3. The van der Waals surface area contributed by atoms with Crippen molar-refractivity contribution < 1.29 is 19.4 Å². The van der Waals surface area contributed by atoms with Crippen LogP contribution in [0.2, 0.25) is 0 Å². The van der Waals surface area contributed by atoms with E-state index in [0.29, 0.717) is 13.0 Å². The molecule has 1 saturated carbocycles. The number of carbonyl (C=O) groups excluding carboxylic acids is 1. The third-order valence-electron chi connectivity index (χ3n) is 4.59. The van der Waals surface area contributed by atoms with Crippen molar-refractivity contribution in [2.45, 2.75) is 38.5 Å². The Morgan fingerprint density at radius 2 is 2.00 bits per heavy atom. The zero-order valence-electron chi connectivity index (χ0n) is 11.6. The molecule has 1 unspecified atom stereocenters. The maximum absolute atomic E-state index is 12.0. The quantitative estimate of drug-likeness (QED) is 0.742. The van der Waals surface area contributed by atoms with Crippen LogP contribution in [0.15, 0.2) is 0 Å². The lowest BCUT2D eigenvalue weighted by Crippen LogP contribution is -2.39. The number of amides is 1. The fraction of sp³-hybridized carbons (Fsp3) is 0.857. The van der Waals surface area contributed by atoms with Gasteiger partial charge in [0.05, 0.1) is 5.92 Å². The number of ether oxygens (including phenoxy) is 1. The normalized spacial score (nSPS) is 24.5. The summed E-state index contributed by atoms with van der Waals surface area (Å²) in [6, 6.07) is 0. The van der Waals surface area contributed by atoms with E-state index in [2.05, 4.69) is 0 Å². The summed E-state index contributed by atoms with van der Waals surface area (Å²) in [6.07, 6.45) is 4.88. The van der Waals surface area contributed by atoms with Gasteiger partial charge in [-0.15, -0.1) is 0 Å². The molecule has 1 N–H and O–H groups in total. The van der Waals surface area contributed by atoms with E-state index in [0.717, 1.165) is 45.2 Å². The highest BCUT2D eigenvalue weighted by atomic mass is 16.5. The van der Waals surface area contributed by atoms with E-state index < -0.39 is 5.97 Å². The van der Waals surface area contributed by atoms with Gasteiger partial charge in [-0.1, -0.05) is 0 Å². The monoisotopic (exact) mass is 269 g/mol. The van der Waals surface area contributed by atoms with Crippen molar-refractivity contribution in [1.29, 1.82) is 0 Å². The van der Waals surface area contributed by atoms with Crippen LogP contribution in [0.1, 0.15) is 38.5 Å². The van der Waals surface area contributed by atoms with Crippen LogP contribution in [0.25, 0.3) is 0 Å². The van der Waals surface area contributed by atoms with E-state index in [1.165, 1.54) is 0 Å². The second-order valence-electron chi connectivity index (χ2n) is 5.79. The molecule has 0 bridgehead atoms. The maximum atomic E-state index is 12.0. The predicted octanol–water partition coefficient (Wildman–Crippen LogP) is 1.52. The topological polar surface area (TPSA) is 66.8 Å². The van der Waals surface area contributed by atoms with Gasteiger partial charge in [-0.25, -0.2) is 0 Å². The van der Waals surface area contributed by atoms with Crippen LogP contribution in [-0.4, -0.2) is 48.7 Å². The SMILES string of the molecule is COCCCCC(=O)N1CCC2(CC1)CC2C(=O)O. The summed E-state index contributed by atoms with van der Waals surface area (Å²) in [6.45, 7) is 2.16. The molecule has 5 nitrogen and oxygen atoms in total. The van der Waals surface area contributed by atoms with Crippen molar-refractivity contribution in [3.8, 4) is 0 Å². The fourth-order valence-electron chi connectivity index (χ4n) is 3.13. The summed E-state index contributed by atoms with van der Waals surface area (Å²) < 4.78 is 4.96. The third kappa shape index (κ3) is 3.26. The third-order valence-corrected chi connectivity index (χ3v) is 4.59. The number of carboxylic acids is 1. The molecule has 1 saturated heterocycles. The Balaban J connectivity index is 1.69. The van der Waals surface area contributed by atoms with Gasteiger partial charge < -0.3 is 14.7 Å². The second-order valence-corrected chi connectivity index (χ2v) is 5.79. The molecule has 0 aromatic carbocycles. The number of carboxylic acid groups (broad SMARTS) is 1. The average Bonchev–Trinajstić information content (AvgIpc) is 3.10. The lowest BCUT2D eigenvalue weighted by Gasteiger charge is -2.32. The Bertz CT molecular complexity index is 347. The summed E-state index contributed by atoms with van der Waals surface area (Å²) in [5, 5.41) is 9.02. The van der Waals surface area contributed by atoms with Crippen LogP contribution in [0, 0.1) is 11.3 Å². The molecular formula is C14H23NO4. The summed E-state index contributed by atoms with van der Waals surface area (Å²) >= 11 is 0. The molecule has 2 aliphatic rings. The molecule has 0 aromatic rings. The summed E-state index contributed by atoms with van der Waals surface area (Å²) in [5.41, 5.74) is 0.0126. The smallest absolute Gasteiger partial charge is 0.307 e. The van der Waals surface area contributed by atoms with Crippen LogP contribution < -0.4 is 0 Å². The first-order valence-electron chi connectivity index (χ1n) is 7.08. The zero-order valence-corrected chi connectivity index (χ0v) is 11.6. The van der Waals surface area contributed by atoms with Gasteiger partial charge in [0.15, 0.2) is 0 Å². The van der Waals surface area contributed by atoms with Crippen molar-refractivity contribution >= 4 is 11.9 Å². The van der Waals surface area contributed by atoms with Crippen molar-refractivity contribution in [2.24, 2.45) is 11.3 Å². The highest BCUT2D eigenvalue weighted by Crippen LogP contribution is 2.59. The molecule has 19 heavy (non-hydrogen) atoms. The number of hydrogen-bond donors (Lipinski definition) is 1. The standard InChI is InChI=1S/C14H23NO4/c1-19-9-3-2-4-12(16)15-7-5-14(6-8-15)10-11(14)13(17)18/h11H,2-10H2,1H3,(H,17,18). The Morgan fingerprint density at radius 1 is 1.32 bits per heavy atom. The molecule has 5 heteroatoms. The minimum Gasteiger partial charge on any atom is -0.481 e. The highest BCUT2D eigenvalue weighted by molar-refractivity contribution is 5.77. The number of unbranched alkanes of at least 4 members (excludes halogenated alkanes) is 1. The lowest BCUT2D eigenvalue weighted by atomic mass is 9.90. The second kappa shape index (κ2) is 5.90. The molecule has 1 aliphatic carbocycles. The molecule has 1 aliphatic heterocycles. The van der Waals surface area contributed by atoms with Gasteiger partial charge in [0.2, 0.25) is 5.91 Å². The van der Waals surface area contributed by atoms with Crippen molar-refractivity contribution in [2.75, 3.05) is 26.8 Å². The Morgan fingerprint density at radius 3 is 2.53 bits per heavy atom. The van der Waals surface area contributed by atoms with E-state index in [4.69, 9.17) is 9.84 Å². The molecule has 1 spiro atoms. The van der Waals surface area contributed by atoms with Gasteiger partial charge in [-0.05, 0) is 37.5 Å². The Kier molecular flexibility index (Phi) is 4.45. The first-order valence-corrected chi connectivity index (χ1v) is 7.08.